The van der Waals surface area contributed by atoms with E-state index in [0.717, 1.165) is 0 Å². The molecule has 0 bridgehead atoms. The van der Waals surface area contributed by atoms with Crippen molar-refractivity contribution in [2.45, 2.75) is 26.4 Å². The van der Waals surface area contributed by atoms with Gasteiger partial charge >= 0.3 is 5.97 Å². The fourth-order valence-electron chi connectivity index (χ4n) is 2.16. The Morgan fingerprint density at radius 1 is 1.45 bits per heavy atom. The quantitative estimate of drug-likeness (QED) is 0.847. The SMILES string of the molecule is CCOC(=O)C(CC)C(O)c1cc(Cl)c2c(c1)OCO2. The summed E-state index contributed by atoms with van der Waals surface area (Å²) in [6.45, 7) is 3.93. The Hall–Kier alpha value is -1.46. The molecule has 1 aromatic carbocycles. The average Bonchev–Trinajstić information content (AvgIpc) is 2.88. The lowest BCUT2D eigenvalue weighted by Crippen LogP contribution is -2.24. The first kappa shape index (κ1) is 14.9. The number of rotatable bonds is 5. The molecule has 2 unspecified atom stereocenters. The van der Waals surface area contributed by atoms with Crippen molar-refractivity contribution in [3.63, 3.8) is 0 Å². The second-order valence-corrected chi connectivity index (χ2v) is 4.86. The fourth-order valence-corrected chi connectivity index (χ4v) is 2.43. The monoisotopic (exact) mass is 300 g/mol. The zero-order valence-corrected chi connectivity index (χ0v) is 12.1. The van der Waals surface area contributed by atoms with E-state index in [1.807, 2.05) is 6.92 Å². The van der Waals surface area contributed by atoms with Crippen LogP contribution in [0.3, 0.4) is 0 Å². The predicted molar refractivity (Wildman–Crippen MR) is 72.9 cm³/mol. The Kier molecular flexibility index (Phi) is 4.73. The molecule has 1 aromatic rings. The Morgan fingerprint density at radius 3 is 2.85 bits per heavy atom. The van der Waals surface area contributed by atoms with Crippen LogP contribution in [0, 0.1) is 5.92 Å². The zero-order valence-electron chi connectivity index (χ0n) is 11.4. The van der Waals surface area contributed by atoms with E-state index in [2.05, 4.69) is 0 Å². The summed E-state index contributed by atoms with van der Waals surface area (Å²) in [4.78, 5) is 11.8. The van der Waals surface area contributed by atoms with Crippen LogP contribution >= 0.6 is 11.6 Å². The van der Waals surface area contributed by atoms with E-state index >= 15 is 0 Å². The number of esters is 1. The average molecular weight is 301 g/mol. The van der Waals surface area contributed by atoms with Crippen molar-refractivity contribution in [2.24, 2.45) is 5.92 Å². The molecule has 20 heavy (non-hydrogen) atoms. The fraction of sp³-hybridized carbons (Fsp3) is 0.500. The second kappa shape index (κ2) is 6.33. The highest BCUT2D eigenvalue weighted by Gasteiger charge is 2.30. The predicted octanol–water partition coefficient (Wildman–Crippen LogP) is 2.69. The third-order valence-electron chi connectivity index (χ3n) is 3.20. The topological polar surface area (TPSA) is 65.0 Å². The molecule has 0 fully saturated rings. The van der Waals surface area contributed by atoms with Gasteiger partial charge in [0.1, 0.15) is 0 Å². The van der Waals surface area contributed by atoms with Crippen molar-refractivity contribution < 1.29 is 24.1 Å². The van der Waals surface area contributed by atoms with Gasteiger partial charge in [0.25, 0.3) is 0 Å². The lowest BCUT2D eigenvalue weighted by molar-refractivity contribution is -0.152. The lowest BCUT2D eigenvalue weighted by Gasteiger charge is -2.20. The smallest absolute Gasteiger partial charge is 0.311 e. The highest BCUT2D eigenvalue weighted by atomic mass is 35.5. The molecule has 0 saturated carbocycles. The molecular weight excluding hydrogens is 284 g/mol. The maximum atomic E-state index is 11.8. The molecular formula is C14H17ClO5. The van der Waals surface area contributed by atoms with E-state index in [-0.39, 0.29) is 13.4 Å². The number of carbonyl (C=O) groups is 1. The summed E-state index contributed by atoms with van der Waals surface area (Å²) in [5.74, 6) is -0.111. The highest BCUT2D eigenvalue weighted by molar-refractivity contribution is 6.32. The van der Waals surface area contributed by atoms with Crippen LogP contribution in [0.1, 0.15) is 31.9 Å². The van der Waals surface area contributed by atoms with Crippen LogP contribution in [0.15, 0.2) is 12.1 Å². The summed E-state index contributed by atoms with van der Waals surface area (Å²) in [6.07, 6.45) is -0.530. The van der Waals surface area contributed by atoms with E-state index in [1.54, 1.807) is 19.1 Å². The van der Waals surface area contributed by atoms with E-state index in [1.165, 1.54) is 0 Å². The number of carbonyl (C=O) groups excluding carboxylic acids is 1. The summed E-state index contributed by atoms with van der Waals surface area (Å²) in [5.41, 5.74) is 0.513. The molecule has 1 aliphatic heterocycles. The van der Waals surface area contributed by atoms with Crippen LogP contribution in [-0.4, -0.2) is 24.5 Å². The van der Waals surface area contributed by atoms with E-state index < -0.39 is 18.0 Å². The van der Waals surface area contributed by atoms with Gasteiger partial charge in [0.05, 0.1) is 23.7 Å². The normalized spacial score (nSPS) is 15.8. The molecule has 2 rings (SSSR count). The Labute approximate surface area is 122 Å². The van der Waals surface area contributed by atoms with E-state index in [9.17, 15) is 9.90 Å². The third-order valence-corrected chi connectivity index (χ3v) is 3.48. The number of aliphatic hydroxyl groups excluding tert-OH is 1. The van der Waals surface area contributed by atoms with Crippen molar-refractivity contribution in [3.05, 3.63) is 22.7 Å². The van der Waals surface area contributed by atoms with E-state index in [0.29, 0.717) is 28.5 Å². The van der Waals surface area contributed by atoms with Crippen LogP contribution in [0.25, 0.3) is 0 Å². The Bertz CT molecular complexity index is 503. The van der Waals surface area contributed by atoms with Gasteiger partial charge in [-0.3, -0.25) is 4.79 Å². The molecule has 5 nitrogen and oxygen atoms in total. The van der Waals surface area contributed by atoms with Gasteiger partial charge in [-0.05, 0) is 31.0 Å². The number of aliphatic hydroxyl groups is 1. The van der Waals surface area contributed by atoms with Gasteiger partial charge in [-0.25, -0.2) is 0 Å². The highest BCUT2D eigenvalue weighted by Crippen LogP contribution is 2.42. The number of hydrogen-bond acceptors (Lipinski definition) is 5. The molecule has 0 spiro atoms. The van der Waals surface area contributed by atoms with Crippen molar-refractivity contribution in [2.75, 3.05) is 13.4 Å². The van der Waals surface area contributed by atoms with Gasteiger partial charge in [0, 0.05) is 0 Å². The maximum Gasteiger partial charge on any atom is 0.311 e. The van der Waals surface area contributed by atoms with Crippen LogP contribution < -0.4 is 9.47 Å². The molecule has 1 heterocycles. The molecule has 6 heteroatoms. The first-order valence-corrected chi connectivity index (χ1v) is 6.90. The summed E-state index contributed by atoms with van der Waals surface area (Å²) >= 11 is 6.08. The zero-order chi connectivity index (χ0) is 14.7. The first-order valence-electron chi connectivity index (χ1n) is 6.52. The third kappa shape index (κ3) is 2.83. The summed E-state index contributed by atoms with van der Waals surface area (Å²) < 4.78 is 15.4. The van der Waals surface area contributed by atoms with Gasteiger partial charge in [0.15, 0.2) is 11.5 Å². The van der Waals surface area contributed by atoms with Gasteiger partial charge in [0.2, 0.25) is 6.79 Å². The van der Waals surface area contributed by atoms with Gasteiger partial charge in [-0.15, -0.1) is 0 Å². The maximum absolute atomic E-state index is 11.8. The number of fused-ring (bicyclic) bond motifs is 1. The van der Waals surface area contributed by atoms with Crippen LogP contribution in [-0.2, 0) is 9.53 Å². The molecule has 1 aliphatic rings. The van der Waals surface area contributed by atoms with E-state index in [4.69, 9.17) is 25.8 Å². The Morgan fingerprint density at radius 2 is 2.20 bits per heavy atom. The molecule has 0 amide bonds. The number of halogens is 1. The molecule has 0 aromatic heterocycles. The van der Waals surface area contributed by atoms with Gasteiger partial charge in [-0.1, -0.05) is 18.5 Å². The standard InChI is InChI=1S/C14H17ClO5/c1-3-9(14(17)18-4-2)12(16)8-5-10(15)13-11(6-8)19-7-20-13/h5-6,9,12,16H,3-4,7H2,1-2H3. The first-order chi connectivity index (χ1) is 9.58. The van der Waals surface area contributed by atoms with Crippen LogP contribution in [0.5, 0.6) is 11.5 Å². The van der Waals surface area contributed by atoms with Crippen molar-refractivity contribution in [1.29, 1.82) is 0 Å². The number of hydrogen-bond donors (Lipinski definition) is 1. The minimum Gasteiger partial charge on any atom is -0.466 e. The summed E-state index contributed by atoms with van der Waals surface area (Å²) in [6, 6.07) is 3.22. The largest absolute Gasteiger partial charge is 0.466 e. The summed E-state index contributed by atoms with van der Waals surface area (Å²) in [5, 5.41) is 10.7. The molecule has 110 valence electrons. The molecule has 0 saturated heterocycles. The van der Waals surface area contributed by atoms with Gasteiger partial charge in [-0.2, -0.15) is 0 Å². The molecule has 1 N–H and O–H groups in total. The second-order valence-electron chi connectivity index (χ2n) is 4.45. The van der Waals surface area contributed by atoms with Crippen LogP contribution in [0.2, 0.25) is 5.02 Å². The molecule has 0 aliphatic carbocycles. The number of ether oxygens (including phenoxy) is 3. The lowest BCUT2D eigenvalue weighted by atomic mass is 9.93. The van der Waals surface area contributed by atoms with Gasteiger partial charge < -0.3 is 19.3 Å². The minimum absolute atomic E-state index is 0.101. The molecule has 0 radical (unpaired) electrons. The van der Waals surface area contributed by atoms with Crippen molar-refractivity contribution in [3.8, 4) is 11.5 Å². The number of benzene rings is 1. The Balaban J connectivity index is 2.26. The van der Waals surface area contributed by atoms with Crippen LogP contribution in [0.4, 0.5) is 0 Å². The van der Waals surface area contributed by atoms with Crippen molar-refractivity contribution >= 4 is 17.6 Å². The minimum atomic E-state index is -0.994. The van der Waals surface area contributed by atoms with Crippen molar-refractivity contribution in [1.82, 2.24) is 0 Å². The summed E-state index contributed by atoms with van der Waals surface area (Å²) in [7, 11) is 0. The molecule has 2 atom stereocenters.